The Balaban J connectivity index is 0.00000208. The molecular formula is C16H21ClN4O2S. The molecule has 2 aromatic rings. The number of aromatic nitrogens is 2. The van der Waals surface area contributed by atoms with E-state index in [1.807, 2.05) is 30.3 Å². The summed E-state index contributed by atoms with van der Waals surface area (Å²) in [5.74, 6) is 0.513. The van der Waals surface area contributed by atoms with E-state index in [2.05, 4.69) is 9.97 Å². The van der Waals surface area contributed by atoms with Gasteiger partial charge in [0.1, 0.15) is 4.90 Å². The van der Waals surface area contributed by atoms with Crippen molar-refractivity contribution in [1.29, 1.82) is 0 Å². The fourth-order valence-corrected chi connectivity index (χ4v) is 4.44. The van der Waals surface area contributed by atoms with E-state index in [4.69, 9.17) is 5.73 Å². The van der Waals surface area contributed by atoms with E-state index in [-0.39, 0.29) is 23.3 Å². The Morgan fingerprint density at radius 1 is 1.12 bits per heavy atom. The van der Waals surface area contributed by atoms with Crippen LogP contribution in [0.2, 0.25) is 0 Å². The summed E-state index contributed by atoms with van der Waals surface area (Å²) in [4.78, 5) is 8.55. The van der Waals surface area contributed by atoms with Crippen LogP contribution in [0.25, 0.3) is 11.4 Å². The largest absolute Gasteiger partial charge is 0.329 e. The van der Waals surface area contributed by atoms with Crippen molar-refractivity contribution in [2.45, 2.75) is 30.2 Å². The predicted octanol–water partition coefficient (Wildman–Crippen LogP) is 2.07. The van der Waals surface area contributed by atoms with Crippen molar-refractivity contribution in [1.82, 2.24) is 14.3 Å². The highest BCUT2D eigenvalue weighted by Crippen LogP contribution is 2.25. The molecule has 0 saturated carbocycles. The normalized spacial score (nSPS) is 18.8. The maximum Gasteiger partial charge on any atom is 0.246 e. The maximum atomic E-state index is 12.8. The lowest BCUT2D eigenvalue weighted by molar-refractivity contribution is 0.257. The van der Waals surface area contributed by atoms with Crippen LogP contribution in [-0.2, 0) is 10.0 Å². The highest BCUT2D eigenvalue weighted by atomic mass is 35.5. The number of hydrogen-bond donors (Lipinski definition) is 1. The Labute approximate surface area is 148 Å². The minimum absolute atomic E-state index is 0. The molecule has 1 aromatic carbocycles. The van der Waals surface area contributed by atoms with Crippen LogP contribution >= 0.6 is 12.4 Å². The van der Waals surface area contributed by atoms with Crippen molar-refractivity contribution in [3.05, 3.63) is 42.7 Å². The Bertz CT molecular complexity index is 753. The Morgan fingerprint density at radius 3 is 2.42 bits per heavy atom. The van der Waals surface area contributed by atoms with Gasteiger partial charge in [0.05, 0.1) is 12.4 Å². The molecule has 24 heavy (non-hydrogen) atoms. The molecule has 1 aromatic heterocycles. The van der Waals surface area contributed by atoms with Gasteiger partial charge in [-0.25, -0.2) is 18.4 Å². The number of hydrogen-bond acceptors (Lipinski definition) is 5. The van der Waals surface area contributed by atoms with E-state index in [1.165, 1.54) is 16.7 Å². The minimum atomic E-state index is -3.59. The number of nitrogens with two attached hydrogens (primary N) is 1. The molecule has 8 heteroatoms. The first-order chi connectivity index (χ1) is 11.1. The van der Waals surface area contributed by atoms with Gasteiger partial charge in [0.15, 0.2) is 5.82 Å². The van der Waals surface area contributed by atoms with Crippen molar-refractivity contribution in [3.63, 3.8) is 0 Å². The Hall–Kier alpha value is -1.54. The van der Waals surface area contributed by atoms with E-state index in [9.17, 15) is 8.42 Å². The summed E-state index contributed by atoms with van der Waals surface area (Å²) in [7, 11) is -3.59. The van der Waals surface area contributed by atoms with E-state index < -0.39 is 10.0 Å². The molecule has 0 radical (unpaired) electrons. The highest BCUT2D eigenvalue weighted by molar-refractivity contribution is 7.89. The van der Waals surface area contributed by atoms with Gasteiger partial charge in [0.2, 0.25) is 10.0 Å². The zero-order valence-corrected chi connectivity index (χ0v) is 14.8. The predicted molar refractivity (Wildman–Crippen MR) is 95.3 cm³/mol. The average molecular weight is 369 g/mol. The SMILES string of the molecule is Cl.NCC1CCCCN1S(=O)(=O)c1cnc(-c2ccccc2)nc1. The van der Waals surface area contributed by atoms with Gasteiger partial charge >= 0.3 is 0 Å². The van der Waals surface area contributed by atoms with E-state index in [0.717, 1.165) is 24.8 Å². The van der Waals surface area contributed by atoms with Gasteiger partial charge in [-0.1, -0.05) is 36.8 Å². The van der Waals surface area contributed by atoms with E-state index >= 15 is 0 Å². The number of halogens is 1. The first kappa shape index (κ1) is 18.8. The summed E-state index contributed by atoms with van der Waals surface area (Å²) in [6.07, 6.45) is 5.44. The van der Waals surface area contributed by atoms with E-state index in [0.29, 0.717) is 18.9 Å². The number of benzene rings is 1. The summed E-state index contributed by atoms with van der Waals surface area (Å²) in [6, 6.07) is 9.33. The summed E-state index contributed by atoms with van der Waals surface area (Å²) >= 11 is 0. The summed E-state index contributed by atoms with van der Waals surface area (Å²) in [6.45, 7) is 0.840. The molecular weight excluding hydrogens is 348 g/mol. The number of piperidine rings is 1. The third-order valence-corrected chi connectivity index (χ3v) is 6.02. The molecule has 3 rings (SSSR count). The Morgan fingerprint density at radius 2 is 1.79 bits per heavy atom. The molecule has 2 N–H and O–H groups in total. The second-order valence-electron chi connectivity index (χ2n) is 5.61. The van der Waals surface area contributed by atoms with Crippen molar-refractivity contribution in [2.75, 3.05) is 13.1 Å². The molecule has 130 valence electrons. The second kappa shape index (κ2) is 8.02. The highest BCUT2D eigenvalue weighted by Gasteiger charge is 2.33. The zero-order valence-electron chi connectivity index (χ0n) is 13.2. The van der Waals surface area contributed by atoms with Crippen LogP contribution in [-0.4, -0.2) is 41.8 Å². The molecule has 1 aliphatic heterocycles. The molecule has 2 heterocycles. The molecule has 0 amide bonds. The van der Waals surface area contributed by atoms with Gasteiger partial charge in [-0.3, -0.25) is 0 Å². The van der Waals surface area contributed by atoms with Crippen LogP contribution in [0.5, 0.6) is 0 Å². The first-order valence-corrected chi connectivity index (χ1v) is 9.16. The lowest BCUT2D eigenvalue weighted by Gasteiger charge is -2.33. The molecule has 1 saturated heterocycles. The zero-order chi connectivity index (χ0) is 16.3. The monoisotopic (exact) mass is 368 g/mol. The van der Waals surface area contributed by atoms with Crippen molar-refractivity contribution in [3.8, 4) is 11.4 Å². The van der Waals surface area contributed by atoms with Crippen LogP contribution in [0, 0.1) is 0 Å². The number of nitrogens with zero attached hydrogens (tertiary/aromatic N) is 3. The third-order valence-electron chi connectivity index (χ3n) is 4.11. The van der Waals surface area contributed by atoms with Gasteiger partial charge in [-0.2, -0.15) is 4.31 Å². The summed E-state index contributed by atoms with van der Waals surface area (Å²) < 4.78 is 27.1. The third kappa shape index (κ3) is 3.75. The van der Waals surface area contributed by atoms with Gasteiger partial charge in [-0.15, -0.1) is 12.4 Å². The Kier molecular flexibility index (Phi) is 6.28. The average Bonchev–Trinajstić information content (AvgIpc) is 2.62. The quantitative estimate of drug-likeness (QED) is 0.892. The molecule has 1 fully saturated rings. The fourth-order valence-electron chi connectivity index (χ4n) is 2.85. The topological polar surface area (TPSA) is 89.2 Å². The van der Waals surface area contributed by atoms with Crippen LogP contribution in [0.1, 0.15) is 19.3 Å². The fraction of sp³-hybridized carbons (Fsp3) is 0.375. The smallest absolute Gasteiger partial charge is 0.246 e. The molecule has 6 nitrogen and oxygen atoms in total. The van der Waals surface area contributed by atoms with Gasteiger partial charge in [0.25, 0.3) is 0 Å². The molecule has 0 spiro atoms. The van der Waals surface area contributed by atoms with Crippen LogP contribution in [0.4, 0.5) is 0 Å². The van der Waals surface area contributed by atoms with Gasteiger partial charge in [-0.05, 0) is 12.8 Å². The maximum absolute atomic E-state index is 12.8. The van der Waals surface area contributed by atoms with Crippen molar-refractivity contribution in [2.24, 2.45) is 5.73 Å². The number of rotatable bonds is 4. The second-order valence-corrected chi connectivity index (χ2v) is 7.50. The van der Waals surface area contributed by atoms with Crippen LogP contribution < -0.4 is 5.73 Å². The minimum Gasteiger partial charge on any atom is -0.329 e. The molecule has 1 aliphatic rings. The molecule has 0 bridgehead atoms. The molecule has 0 aliphatic carbocycles. The first-order valence-electron chi connectivity index (χ1n) is 7.72. The molecule has 1 unspecified atom stereocenters. The van der Waals surface area contributed by atoms with Gasteiger partial charge in [0, 0.05) is 24.7 Å². The lowest BCUT2D eigenvalue weighted by Crippen LogP contribution is -2.47. The summed E-state index contributed by atoms with van der Waals surface area (Å²) in [5.41, 5.74) is 6.59. The summed E-state index contributed by atoms with van der Waals surface area (Å²) in [5, 5.41) is 0. The lowest BCUT2D eigenvalue weighted by atomic mass is 10.1. The number of sulfonamides is 1. The standard InChI is InChI=1S/C16H20N4O2S.ClH/c17-10-14-8-4-5-9-20(14)23(21,22)15-11-18-16(19-12-15)13-6-2-1-3-7-13;/h1-3,6-7,11-12,14H,4-5,8-10,17H2;1H. The van der Waals surface area contributed by atoms with Crippen molar-refractivity contribution >= 4 is 22.4 Å². The van der Waals surface area contributed by atoms with Crippen LogP contribution in [0.3, 0.4) is 0 Å². The molecule has 1 atom stereocenters. The van der Waals surface area contributed by atoms with Crippen molar-refractivity contribution < 1.29 is 8.42 Å². The van der Waals surface area contributed by atoms with Gasteiger partial charge < -0.3 is 5.73 Å². The van der Waals surface area contributed by atoms with E-state index in [1.54, 1.807) is 0 Å². The van der Waals surface area contributed by atoms with Crippen LogP contribution in [0.15, 0.2) is 47.6 Å².